The van der Waals surface area contributed by atoms with Crippen molar-refractivity contribution in [1.82, 2.24) is 0 Å². The zero-order chi connectivity index (χ0) is 2.71. The van der Waals surface area contributed by atoms with Gasteiger partial charge < -0.3 is 0 Å². The Balaban J connectivity index is 0. The molecule has 0 atom stereocenters. The molecule has 0 amide bonds. The molecule has 0 bridgehead atoms. The van der Waals surface area contributed by atoms with Gasteiger partial charge >= 0.3 is 32.6 Å². The van der Waals surface area contributed by atoms with E-state index in [0.29, 0.717) is 0 Å². The van der Waals surface area contributed by atoms with Crippen molar-refractivity contribution < 1.29 is 0 Å². The first-order chi connectivity index (χ1) is 1.41. The Kier molecular flexibility index (Phi) is 20.2. The Labute approximate surface area is 56.0 Å². The van der Waals surface area contributed by atoms with Crippen LogP contribution in [0.3, 0.4) is 0 Å². The van der Waals surface area contributed by atoms with E-state index in [1.165, 1.54) is 0 Å². The molecule has 0 rings (SSSR count). The van der Waals surface area contributed by atoms with Crippen LogP contribution in [0.4, 0.5) is 0 Å². The molecular formula is CH6INPb. The Morgan fingerprint density at radius 2 is 1.75 bits per heavy atom. The molecule has 0 heterocycles. The van der Waals surface area contributed by atoms with Gasteiger partial charge in [-0.15, -0.1) is 24.0 Å². The summed E-state index contributed by atoms with van der Waals surface area (Å²) in [4.78, 5) is 0. The van der Waals surface area contributed by atoms with Crippen LogP contribution in [0.5, 0.6) is 0 Å². The van der Waals surface area contributed by atoms with Crippen molar-refractivity contribution in [3.63, 3.8) is 0 Å². The van der Waals surface area contributed by atoms with Crippen LogP contribution in [0.15, 0.2) is 0 Å². The molecule has 1 nitrogen and oxygen atoms in total. The summed E-state index contributed by atoms with van der Waals surface area (Å²) in [6, 6.07) is 0. The topological polar surface area (TPSA) is 26.0 Å². The first kappa shape index (κ1) is 9.15. The maximum absolute atomic E-state index is 5.04. The molecule has 4 heavy (non-hydrogen) atoms. The van der Waals surface area contributed by atoms with Crippen molar-refractivity contribution in [2.75, 3.05) is 0 Å². The van der Waals surface area contributed by atoms with Crippen LogP contribution in [0, 0.1) is 0 Å². The Morgan fingerprint density at radius 1 is 1.75 bits per heavy atom. The minimum atomic E-state index is -0.417. The van der Waals surface area contributed by atoms with E-state index >= 15 is 0 Å². The third-order valence-corrected chi connectivity index (χ3v) is 0. The quantitative estimate of drug-likeness (QED) is 0.482. The molecule has 2 N–H and O–H groups in total. The molecule has 0 spiro atoms. The molecule has 0 aliphatic heterocycles. The van der Waals surface area contributed by atoms with Gasteiger partial charge in [-0.1, -0.05) is 0 Å². The molecule has 26 valence electrons. The van der Waals surface area contributed by atoms with Gasteiger partial charge in [-0.2, -0.15) is 0 Å². The van der Waals surface area contributed by atoms with E-state index in [1.807, 2.05) is 0 Å². The van der Waals surface area contributed by atoms with Crippen molar-refractivity contribution in [3.05, 3.63) is 0 Å². The Hall–Kier alpha value is 1.61. The van der Waals surface area contributed by atoms with Crippen LogP contribution in [0.2, 0.25) is 4.48 Å². The zero-order valence-corrected chi connectivity index (χ0v) is 8.70. The number of halogens is 1. The molecule has 0 fully saturated rings. The molecule has 3 heteroatoms. The summed E-state index contributed by atoms with van der Waals surface area (Å²) in [5.74, 6) is 0. The van der Waals surface area contributed by atoms with Crippen molar-refractivity contribution in [2.45, 2.75) is 4.48 Å². The summed E-state index contributed by atoms with van der Waals surface area (Å²) >= 11 is -0.417. The average molecular weight is 366 g/mol. The second-order valence-electron chi connectivity index (χ2n) is 0.289. The second kappa shape index (κ2) is 8.82. The van der Waals surface area contributed by atoms with E-state index in [1.54, 1.807) is 0 Å². The van der Waals surface area contributed by atoms with Crippen LogP contribution >= 0.6 is 24.0 Å². The van der Waals surface area contributed by atoms with E-state index < -0.39 is 24.5 Å². The summed E-state index contributed by atoms with van der Waals surface area (Å²) in [6.45, 7) is 0. The average Bonchev–Trinajstić information content (AvgIpc) is 0.918. The first-order valence-corrected chi connectivity index (χ1v) is 6.92. The third-order valence-electron chi connectivity index (χ3n) is 0. The van der Waals surface area contributed by atoms with Crippen LogP contribution < -0.4 is 3.54 Å². The fraction of sp³-hybridized carbons (Fsp3) is 1.00. The van der Waals surface area contributed by atoms with E-state index in [0.717, 1.165) is 0 Å². The first-order valence-electron chi connectivity index (χ1n) is 0.789. The normalized spacial score (nSPS) is 4.50. The van der Waals surface area contributed by atoms with Crippen molar-refractivity contribution in [3.8, 4) is 0 Å². The number of nitrogens with two attached hydrogens (primary N) is 1. The van der Waals surface area contributed by atoms with Crippen molar-refractivity contribution in [1.29, 1.82) is 0 Å². The van der Waals surface area contributed by atoms with E-state index in [2.05, 4.69) is 4.48 Å². The van der Waals surface area contributed by atoms with Crippen LogP contribution in [-0.2, 0) is 0 Å². The Morgan fingerprint density at radius 3 is 1.75 bits per heavy atom. The van der Waals surface area contributed by atoms with Crippen LogP contribution in [0.1, 0.15) is 0 Å². The number of hydrogen-bond acceptors (Lipinski definition) is 1. The van der Waals surface area contributed by atoms with Gasteiger partial charge in [0.15, 0.2) is 0 Å². The molecule has 0 aromatic carbocycles. The van der Waals surface area contributed by atoms with Gasteiger partial charge in [0.1, 0.15) is 0 Å². The fourth-order valence-electron chi connectivity index (χ4n) is 0. The molecule has 2 radical (unpaired) electrons. The number of hydrogen-bond donors (Lipinski definition) is 1. The van der Waals surface area contributed by atoms with E-state index in [4.69, 9.17) is 3.54 Å². The molecule has 0 saturated carbocycles. The third kappa shape index (κ3) is 9.48. The van der Waals surface area contributed by atoms with E-state index in [9.17, 15) is 0 Å². The second-order valence-corrected chi connectivity index (χ2v) is 2.53. The van der Waals surface area contributed by atoms with Gasteiger partial charge in [0.2, 0.25) is 0 Å². The number of rotatable bonds is 0. The van der Waals surface area contributed by atoms with Gasteiger partial charge in [-0.25, -0.2) is 0 Å². The molecule has 0 saturated heterocycles. The zero-order valence-electron chi connectivity index (χ0n) is 2.49. The molecule has 0 aromatic rings. The molecular weight excluding hydrogens is 360 g/mol. The van der Waals surface area contributed by atoms with Crippen LogP contribution in [0.25, 0.3) is 0 Å². The maximum atomic E-state index is 5.04. The van der Waals surface area contributed by atoms with E-state index in [-0.39, 0.29) is 24.0 Å². The van der Waals surface area contributed by atoms with Crippen LogP contribution in [-0.4, -0.2) is 24.5 Å². The summed E-state index contributed by atoms with van der Waals surface area (Å²) in [6.07, 6.45) is 0. The van der Waals surface area contributed by atoms with Crippen molar-refractivity contribution >= 4 is 48.5 Å². The molecule has 0 aliphatic carbocycles. The summed E-state index contributed by atoms with van der Waals surface area (Å²) in [7, 11) is 0. The summed E-state index contributed by atoms with van der Waals surface area (Å²) in [5.41, 5.74) is 0. The fourth-order valence-corrected chi connectivity index (χ4v) is 0. The standard InChI is InChI=1S/CH3.HI.H2N.Pb/h1H3;1H;1H2;/q;;-1;+1. The van der Waals surface area contributed by atoms with Gasteiger partial charge in [-0.05, 0) is 0 Å². The SMILES string of the molecule is I.[CH3][Pb][NH2]. The van der Waals surface area contributed by atoms with Gasteiger partial charge in [0.05, 0.1) is 0 Å². The molecule has 0 unspecified atom stereocenters. The minimum absolute atomic E-state index is 0. The van der Waals surface area contributed by atoms with Gasteiger partial charge in [-0.3, -0.25) is 0 Å². The van der Waals surface area contributed by atoms with Gasteiger partial charge in [0, 0.05) is 0 Å². The predicted octanol–water partition coefficient (Wildman–Crippen LogP) is 0.230. The summed E-state index contributed by atoms with van der Waals surface area (Å²) < 4.78 is 7.14. The summed E-state index contributed by atoms with van der Waals surface area (Å²) in [5, 5.41) is 0. The molecule has 0 aliphatic rings. The van der Waals surface area contributed by atoms with Crippen molar-refractivity contribution in [2.24, 2.45) is 3.54 Å². The monoisotopic (exact) mass is 367 g/mol. The predicted molar refractivity (Wildman–Crippen MR) is 31.2 cm³/mol. The molecule has 0 aromatic heterocycles. The van der Waals surface area contributed by atoms with Gasteiger partial charge in [0.25, 0.3) is 0 Å². The Bertz CT molecular complexity index is 8.00.